The van der Waals surface area contributed by atoms with Crippen LogP contribution in [0.1, 0.15) is 40.0 Å². The molecule has 2 aliphatic heterocycles. The van der Waals surface area contributed by atoms with Gasteiger partial charge in [-0.3, -0.25) is 9.69 Å². The maximum atomic E-state index is 12.8. The zero-order chi connectivity index (χ0) is 19.0. The van der Waals surface area contributed by atoms with Crippen LogP contribution in [0.25, 0.3) is 0 Å². The Morgan fingerprint density at radius 1 is 1.15 bits per heavy atom. The Labute approximate surface area is 158 Å². The molecule has 3 fully saturated rings. The maximum absolute atomic E-state index is 12.8. The third-order valence-corrected chi connectivity index (χ3v) is 5.75. The average molecular weight is 374 g/mol. The molecule has 1 aliphatic carbocycles. The highest BCUT2D eigenvalue weighted by molar-refractivity contribution is 5.98. The first-order valence-electron chi connectivity index (χ1n) is 9.51. The summed E-state index contributed by atoms with van der Waals surface area (Å²) in [5, 5.41) is 3.10. The second-order valence-electron chi connectivity index (χ2n) is 7.66. The molecule has 2 heterocycles. The molecule has 0 spiro atoms. The number of benzene rings is 1. The van der Waals surface area contributed by atoms with Gasteiger partial charge >= 0.3 is 5.97 Å². The normalized spacial score (nSPS) is 27.7. The monoisotopic (exact) mass is 374 g/mol. The third-order valence-electron chi connectivity index (χ3n) is 5.75. The van der Waals surface area contributed by atoms with Crippen molar-refractivity contribution in [3.8, 4) is 5.75 Å². The van der Waals surface area contributed by atoms with Crippen molar-refractivity contribution in [1.82, 2.24) is 10.2 Å². The Morgan fingerprint density at radius 3 is 2.63 bits per heavy atom. The summed E-state index contributed by atoms with van der Waals surface area (Å²) in [6.45, 7) is 2.56. The number of hydrogen-bond acceptors (Lipinski definition) is 6. The summed E-state index contributed by atoms with van der Waals surface area (Å²) in [4.78, 5) is 27.0. The predicted octanol–water partition coefficient (Wildman–Crippen LogP) is 1.46. The van der Waals surface area contributed by atoms with Gasteiger partial charge in [-0.2, -0.15) is 0 Å². The van der Waals surface area contributed by atoms with Crippen LogP contribution in [0, 0.1) is 5.92 Å². The molecule has 4 rings (SSSR count). The van der Waals surface area contributed by atoms with Crippen molar-refractivity contribution in [3.05, 3.63) is 29.3 Å². The second-order valence-corrected chi connectivity index (χ2v) is 7.66. The van der Waals surface area contributed by atoms with Crippen LogP contribution in [0.5, 0.6) is 5.75 Å². The van der Waals surface area contributed by atoms with Crippen molar-refractivity contribution in [3.63, 3.8) is 0 Å². The summed E-state index contributed by atoms with van der Waals surface area (Å²) in [5.41, 5.74) is 0.693. The van der Waals surface area contributed by atoms with E-state index in [0.717, 1.165) is 32.0 Å². The van der Waals surface area contributed by atoms with Crippen molar-refractivity contribution in [1.29, 1.82) is 0 Å². The zero-order valence-corrected chi connectivity index (χ0v) is 15.8. The fraction of sp³-hybridized carbons (Fsp3) is 0.600. The lowest BCUT2D eigenvalue weighted by atomic mass is 10.1. The number of esters is 1. The van der Waals surface area contributed by atoms with E-state index in [9.17, 15) is 9.59 Å². The molecule has 1 saturated carbocycles. The number of rotatable bonds is 5. The number of nitrogens with zero attached hydrogens (tertiary/aromatic N) is 1. The van der Waals surface area contributed by atoms with Crippen molar-refractivity contribution in [2.75, 3.05) is 33.9 Å². The maximum Gasteiger partial charge on any atom is 0.338 e. The van der Waals surface area contributed by atoms with E-state index < -0.39 is 5.97 Å². The van der Waals surface area contributed by atoms with Crippen molar-refractivity contribution in [2.24, 2.45) is 5.92 Å². The molecule has 146 valence electrons. The van der Waals surface area contributed by atoms with Gasteiger partial charge in [0.15, 0.2) is 0 Å². The zero-order valence-electron chi connectivity index (χ0n) is 15.8. The molecule has 7 heteroatoms. The van der Waals surface area contributed by atoms with Gasteiger partial charge in [0, 0.05) is 30.7 Å². The summed E-state index contributed by atoms with van der Waals surface area (Å²) < 4.78 is 16.0. The summed E-state index contributed by atoms with van der Waals surface area (Å²) in [5.74, 6) is 0.480. The number of hydrogen-bond donors (Lipinski definition) is 1. The summed E-state index contributed by atoms with van der Waals surface area (Å²) >= 11 is 0. The number of morpholine rings is 1. The van der Waals surface area contributed by atoms with Crippen LogP contribution >= 0.6 is 0 Å². The number of nitrogens with one attached hydrogen (secondary N) is 1. The lowest BCUT2D eigenvalue weighted by Gasteiger charge is -2.35. The van der Waals surface area contributed by atoms with Crippen LogP contribution in [0.3, 0.4) is 0 Å². The van der Waals surface area contributed by atoms with Crippen LogP contribution in [-0.4, -0.2) is 68.9 Å². The highest BCUT2D eigenvalue weighted by atomic mass is 16.5. The molecule has 1 N–H and O–H groups in total. The number of methoxy groups -OCH3 is 2. The van der Waals surface area contributed by atoms with Gasteiger partial charge < -0.3 is 19.5 Å². The number of amides is 1. The van der Waals surface area contributed by atoms with E-state index in [4.69, 9.17) is 14.2 Å². The quantitative estimate of drug-likeness (QED) is 0.787. The minimum absolute atomic E-state index is 0.0804. The Bertz CT molecular complexity index is 733. The molecule has 3 atom stereocenters. The highest BCUT2D eigenvalue weighted by Gasteiger charge is 2.42. The minimum Gasteiger partial charge on any atom is -0.497 e. The largest absolute Gasteiger partial charge is 0.497 e. The molecule has 7 nitrogen and oxygen atoms in total. The first-order chi connectivity index (χ1) is 13.1. The van der Waals surface area contributed by atoms with E-state index >= 15 is 0 Å². The van der Waals surface area contributed by atoms with Gasteiger partial charge in [-0.15, -0.1) is 0 Å². The topological polar surface area (TPSA) is 77.1 Å². The SMILES string of the molecule is COC(=O)c1cc(OC)cc(C(=O)N[C@H]2C[C@H]3CO[C@H](C4CC4)CN3C2)c1. The molecule has 1 amide bonds. The molecule has 3 aliphatic rings. The molecule has 0 radical (unpaired) electrons. The molecule has 0 aromatic heterocycles. The van der Waals surface area contributed by atoms with Gasteiger partial charge in [0.05, 0.1) is 32.5 Å². The molecule has 1 aromatic rings. The molecule has 0 bridgehead atoms. The van der Waals surface area contributed by atoms with E-state index in [1.54, 1.807) is 12.1 Å². The smallest absolute Gasteiger partial charge is 0.338 e. The Morgan fingerprint density at radius 2 is 1.93 bits per heavy atom. The van der Waals surface area contributed by atoms with Gasteiger partial charge in [0.1, 0.15) is 5.75 Å². The molecule has 2 saturated heterocycles. The van der Waals surface area contributed by atoms with Gasteiger partial charge in [-0.05, 0) is 43.4 Å². The summed E-state index contributed by atoms with van der Waals surface area (Å²) in [7, 11) is 2.82. The fourth-order valence-corrected chi connectivity index (χ4v) is 4.11. The van der Waals surface area contributed by atoms with Crippen molar-refractivity contribution in [2.45, 2.75) is 37.5 Å². The fourth-order valence-electron chi connectivity index (χ4n) is 4.11. The standard InChI is InChI=1S/C20H26N2O5/c1-25-17-6-13(5-14(7-17)20(24)26-2)19(23)21-15-8-16-11-27-18(12-3-4-12)10-22(16)9-15/h5-7,12,15-16,18H,3-4,8-11H2,1-2H3,(H,21,23)/t15-,16-,18-/m0/s1. The van der Waals surface area contributed by atoms with E-state index in [2.05, 4.69) is 10.2 Å². The second kappa shape index (κ2) is 7.48. The molecular formula is C20H26N2O5. The van der Waals surface area contributed by atoms with Crippen LogP contribution < -0.4 is 10.1 Å². The summed E-state index contributed by atoms with van der Waals surface area (Å²) in [6.07, 6.45) is 3.80. The van der Waals surface area contributed by atoms with E-state index in [1.807, 2.05) is 0 Å². The summed E-state index contributed by atoms with van der Waals surface area (Å²) in [6, 6.07) is 5.19. The number of fused-ring (bicyclic) bond motifs is 1. The van der Waals surface area contributed by atoms with Crippen LogP contribution in [0.2, 0.25) is 0 Å². The Hall–Kier alpha value is -2.12. The highest BCUT2D eigenvalue weighted by Crippen LogP contribution is 2.37. The number of carbonyl (C=O) groups is 2. The third kappa shape index (κ3) is 3.94. The van der Waals surface area contributed by atoms with Gasteiger partial charge in [-0.1, -0.05) is 0 Å². The molecule has 0 unspecified atom stereocenters. The first-order valence-corrected chi connectivity index (χ1v) is 9.51. The van der Waals surface area contributed by atoms with Gasteiger partial charge in [-0.25, -0.2) is 4.79 Å². The Kier molecular flexibility index (Phi) is 5.06. The van der Waals surface area contributed by atoms with Crippen molar-refractivity contribution < 1.29 is 23.8 Å². The van der Waals surface area contributed by atoms with Crippen molar-refractivity contribution >= 4 is 11.9 Å². The predicted molar refractivity (Wildman–Crippen MR) is 98.0 cm³/mol. The van der Waals surface area contributed by atoms with Crippen LogP contribution in [0.15, 0.2) is 18.2 Å². The molecule has 27 heavy (non-hydrogen) atoms. The van der Waals surface area contributed by atoms with E-state index in [1.165, 1.54) is 33.1 Å². The number of carbonyl (C=O) groups excluding carboxylic acids is 2. The van der Waals surface area contributed by atoms with Gasteiger partial charge in [0.25, 0.3) is 5.91 Å². The minimum atomic E-state index is -0.496. The van der Waals surface area contributed by atoms with Gasteiger partial charge in [0.2, 0.25) is 0 Å². The number of ether oxygens (including phenoxy) is 3. The lowest BCUT2D eigenvalue weighted by molar-refractivity contribution is -0.0581. The van der Waals surface area contributed by atoms with Crippen LogP contribution in [0.4, 0.5) is 0 Å². The van der Waals surface area contributed by atoms with E-state index in [0.29, 0.717) is 29.0 Å². The molecular weight excluding hydrogens is 348 g/mol. The molecule has 1 aromatic carbocycles. The van der Waals surface area contributed by atoms with E-state index in [-0.39, 0.29) is 11.9 Å². The van der Waals surface area contributed by atoms with Crippen LogP contribution in [-0.2, 0) is 9.47 Å². The Balaban J connectivity index is 1.41. The lowest BCUT2D eigenvalue weighted by Crippen LogP contribution is -2.47. The first kappa shape index (κ1) is 18.3. The average Bonchev–Trinajstić information content (AvgIpc) is 3.46.